The van der Waals surface area contributed by atoms with E-state index in [-0.39, 0.29) is 29.7 Å². The molecule has 2 amide bonds. The number of sulfone groups is 1. The summed E-state index contributed by atoms with van der Waals surface area (Å²) in [5, 5.41) is 2.83. The normalized spacial score (nSPS) is 23.7. The molecule has 28 heavy (non-hydrogen) atoms. The topological polar surface area (TPSA) is 97.8 Å². The number of hydrogen-bond acceptors (Lipinski definition) is 6. The Balaban J connectivity index is 1.64. The molecule has 2 fully saturated rings. The van der Waals surface area contributed by atoms with Crippen molar-refractivity contribution in [3.8, 4) is 5.88 Å². The highest BCUT2D eigenvalue weighted by Crippen LogP contribution is 2.22. The number of nitrogens with one attached hydrogen (secondary N) is 1. The molecule has 156 valence electrons. The standard InChI is InChI=1S/C19H29N3O5S/c1-14(2)12-27-18-6-5-15(10-20-18)21-19(23)22(11-17-4-3-8-26-17)16-7-9-28(24,25)13-16/h5-6,10,14,16-17H,3-4,7-9,11-13H2,1-2H3,(H,21,23). The molecule has 2 unspecified atom stereocenters. The molecular formula is C19H29N3O5S. The average Bonchev–Trinajstić information content (AvgIpc) is 3.28. The zero-order valence-electron chi connectivity index (χ0n) is 16.5. The predicted molar refractivity (Wildman–Crippen MR) is 106 cm³/mol. The van der Waals surface area contributed by atoms with Gasteiger partial charge in [-0.2, -0.15) is 0 Å². The van der Waals surface area contributed by atoms with Crippen LogP contribution in [-0.4, -0.2) is 67.7 Å². The number of carbonyl (C=O) groups is 1. The molecule has 0 spiro atoms. The molecule has 0 bridgehead atoms. The van der Waals surface area contributed by atoms with E-state index in [9.17, 15) is 13.2 Å². The second-order valence-corrected chi connectivity index (χ2v) is 10.1. The quantitative estimate of drug-likeness (QED) is 0.739. The fourth-order valence-corrected chi connectivity index (χ4v) is 5.14. The van der Waals surface area contributed by atoms with E-state index in [1.807, 2.05) is 0 Å². The van der Waals surface area contributed by atoms with Gasteiger partial charge in [-0.1, -0.05) is 13.8 Å². The van der Waals surface area contributed by atoms with Gasteiger partial charge >= 0.3 is 6.03 Å². The van der Waals surface area contributed by atoms with Crippen molar-refractivity contribution >= 4 is 21.6 Å². The number of nitrogens with zero attached hydrogens (tertiary/aromatic N) is 2. The molecule has 1 aromatic rings. The van der Waals surface area contributed by atoms with E-state index in [2.05, 4.69) is 24.1 Å². The highest BCUT2D eigenvalue weighted by Gasteiger charge is 2.36. The number of hydrogen-bond donors (Lipinski definition) is 1. The van der Waals surface area contributed by atoms with Crippen LogP contribution in [0.1, 0.15) is 33.1 Å². The smallest absolute Gasteiger partial charge is 0.322 e. The van der Waals surface area contributed by atoms with Gasteiger partial charge in [0.05, 0.1) is 36.1 Å². The first kappa shape index (κ1) is 20.9. The molecule has 8 nitrogen and oxygen atoms in total. The van der Waals surface area contributed by atoms with E-state index in [1.165, 1.54) is 0 Å². The molecule has 2 aliphatic heterocycles. The van der Waals surface area contributed by atoms with Crippen LogP contribution in [0, 0.1) is 5.92 Å². The molecule has 0 radical (unpaired) electrons. The Morgan fingerprint density at radius 2 is 2.21 bits per heavy atom. The van der Waals surface area contributed by atoms with Crippen molar-refractivity contribution in [3.05, 3.63) is 18.3 Å². The van der Waals surface area contributed by atoms with Crippen LogP contribution in [0.5, 0.6) is 5.88 Å². The summed E-state index contributed by atoms with van der Waals surface area (Å²) >= 11 is 0. The predicted octanol–water partition coefficient (Wildman–Crippen LogP) is 2.32. The van der Waals surface area contributed by atoms with Gasteiger partial charge in [-0.25, -0.2) is 18.2 Å². The minimum Gasteiger partial charge on any atom is -0.477 e. The molecule has 1 N–H and O–H groups in total. The molecular weight excluding hydrogens is 382 g/mol. The average molecular weight is 412 g/mol. The van der Waals surface area contributed by atoms with E-state index in [4.69, 9.17) is 9.47 Å². The first-order valence-electron chi connectivity index (χ1n) is 9.81. The third kappa shape index (κ3) is 5.81. The van der Waals surface area contributed by atoms with Crippen LogP contribution in [0.4, 0.5) is 10.5 Å². The van der Waals surface area contributed by atoms with Crippen molar-refractivity contribution in [2.75, 3.05) is 36.6 Å². The Kier molecular flexibility index (Phi) is 6.77. The van der Waals surface area contributed by atoms with E-state index in [0.717, 1.165) is 12.8 Å². The number of carbonyl (C=O) groups excluding carboxylic acids is 1. The lowest BCUT2D eigenvalue weighted by Gasteiger charge is -2.30. The Morgan fingerprint density at radius 1 is 1.39 bits per heavy atom. The van der Waals surface area contributed by atoms with Gasteiger partial charge < -0.3 is 19.7 Å². The highest BCUT2D eigenvalue weighted by molar-refractivity contribution is 7.91. The van der Waals surface area contributed by atoms with Crippen LogP contribution in [-0.2, 0) is 14.6 Å². The zero-order chi connectivity index (χ0) is 20.1. The minimum absolute atomic E-state index is 0.00731. The Morgan fingerprint density at radius 3 is 2.79 bits per heavy atom. The molecule has 3 rings (SSSR count). The lowest BCUT2D eigenvalue weighted by molar-refractivity contribution is 0.0751. The van der Waals surface area contributed by atoms with Crippen LogP contribution in [0.3, 0.4) is 0 Å². The van der Waals surface area contributed by atoms with Gasteiger partial charge in [0, 0.05) is 25.3 Å². The third-order valence-electron chi connectivity index (χ3n) is 4.89. The summed E-state index contributed by atoms with van der Waals surface area (Å²) in [6.45, 7) is 5.77. The van der Waals surface area contributed by atoms with E-state index in [1.54, 1.807) is 23.2 Å². The van der Waals surface area contributed by atoms with E-state index >= 15 is 0 Å². The van der Waals surface area contributed by atoms with Crippen molar-refractivity contribution in [2.24, 2.45) is 5.92 Å². The molecule has 0 aromatic carbocycles. The maximum Gasteiger partial charge on any atom is 0.322 e. The fourth-order valence-electron chi connectivity index (χ4n) is 3.41. The van der Waals surface area contributed by atoms with E-state index in [0.29, 0.717) is 43.7 Å². The van der Waals surface area contributed by atoms with Crippen LogP contribution in [0.2, 0.25) is 0 Å². The van der Waals surface area contributed by atoms with Gasteiger partial charge in [-0.3, -0.25) is 0 Å². The van der Waals surface area contributed by atoms with Crippen LogP contribution < -0.4 is 10.1 Å². The first-order valence-corrected chi connectivity index (χ1v) is 11.6. The third-order valence-corrected chi connectivity index (χ3v) is 6.64. The van der Waals surface area contributed by atoms with Gasteiger partial charge in [0.15, 0.2) is 9.84 Å². The van der Waals surface area contributed by atoms with Crippen LogP contribution in [0.25, 0.3) is 0 Å². The lowest BCUT2D eigenvalue weighted by atomic mass is 10.2. The first-order chi connectivity index (χ1) is 13.3. The van der Waals surface area contributed by atoms with Crippen LogP contribution in [0.15, 0.2) is 18.3 Å². The number of rotatable bonds is 7. The van der Waals surface area contributed by atoms with Crippen molar-refractivity contribution in [3.63, 3.8) is 0 Å². The van der Waals surface area contributed by atoms with E-state index < -0.39 is 9.84 Å². The largest absolute Gasteiger partial charge is 0.477 e. The summed E-state index contributed by atoms with van der Waals surface area (Å²) in [6, 6.07) is 2.80. The lowest BCUT2D eigenvalue weighted by Crippen LogP contribution is -2.47. The number of amides is 2. The highest BCUT2D eigenvalue weighted by atomic mass is 32.2. The Hall–Kier alpha value is -1.87. The summed E-state index contributed by atoms with van der Waals surface area (Å²) in [4.78, 5) is 18.7. The number of pyridine rings is 1. The van der Waals surface area contributed by atoms with Gasteiger partial charge in [-0.15, -0.1) is 0 Å². The van der Waals surface area contributed by atoms with Crippen molar-refractivity contribution in [2.45, 2.75) is 45.3 Å². The van der Waals surface area contributed by atoms with Gasteiger partial charge in [-0.05, 0) is 31.2 Å². The summed E-state index contributed by atoms with van der Waals surface area (Å²) in [6.07, 6.45) is 3.81. The zero-order valence-corrected chi connectivity index (χ0v) is 17.3. The Bertz CT molecular complexity index is 760. The van der Waals surface area contributed by atoms with Gasteiger partial charge in [0.25, 0.3) is 0 Å². The Labute approximate surface area is 166 Å². The summed E-state index contributed by atoms with van der Waals surface area (Å²) < 4.78 is 35.0. The maximum atomic E-state index is 12.9. The summed E-state index contributed by atoms with van der Waals surface area (Å²) in [5.74, 6) is 1.03. The molecule has 2 atom stereocenters. The molecule has 1 aromatic heterocycles. The second-order valence-electron chi connectivity index (χ2n) is 7.86. The second kappa shape index (κ2) is 9.09. The minimum atomic E-state index is -3.09. The van der Waals surface area contributed by atoms with Gasteiger partial charge in [0.2, 0.25) is 5.88 Å². The maximum absolute atomic E-state index is 12.9. The monoisotopic (exact) mass is 411 g/mol. The number of urea groups is 1. The SMILES string of the molecule is CC(C)COc1ccc(NC(=O)N(CC2CCCO2)C2CCS(=O)(=O)C2)cn1. The molecule has 0 aliphatic carbocycles. The number of ether oxygens (including phenoxy) is 2. The summed E-state index contributed by atoms with van der Waals surface area (Å²) in [7, 11) is -3.09. The number of anilines is 1. The molecule has 2 saturated heterocycles. The number of aromatic nitrogens is 1. The molecule has 9 heteroatoms. The van der Waals surface area contributed by atoms with Crippen LogP contribution >= 0.6 is 0 Å². The molecule has 3 heterocycles. The summed E-state index contributed by atoms with van der Waals surface area (Å²) in [5.41, 5.74) is 0.542. The van der Waals surface area contributed by atoms with Gasteiger partial charge in [0.1, 0.15) is 0 Å². The fraction of sp³-hybridized carbons (Fsp3) is 0.684. The molecule has 2 aliphatic rings. The van der Waals surface area contributed by atoms with Crippen molar-refractivity contribution in [1.82, 2.24) is 9.88 Å². The van der Waals surface area contributed by atoms with Crippen molar-refractivity contribution < 1.29 is 22.7 Å². The van der Waals surface area contributed by atoms with Crippen molar-refractivity contribution in [1.29, 1.82) is 0 Å². The molecule has 0 saturated carbocycles.